The highest BCUT2D eigenvalue weighted by Crippen LogP contribution is 2.29. The molecule has 2 aromatic rings. The Morgan fingerprint density at radius 1 is 0.962 bits per heavy atom. The van der Waals surface area contributed by atoms with E-state index in [4.69, 9.17) is 0 Å². The van der Waals surface area contributed by atoms with E-state index >= 15 is 0 Å². The van der Waals surface area contributed by atoms with E-state index in [0.29, 0.717) is 0 Å². The van der Waals surface area contributed by atoms with E-state index in [1.165, 1.54) is 35.6 Å². The van der Waals surface area contributed by atoms with E-state index in [1.807, 2.05) is 0 Å². The summed E-state index contributed by atoms with van der Waals surface area (Å²) in [6.07, 6.45) is -0.260. The molecule has 1 fully saturated rings. The van der Waals surface area contributed by atoms with E-state index in [9.17, 15) is 22.8 Å². The number of hydrogen-bond acceptors (Lipinski definition) is 4. The van der Waals surface area contributed by atoms with Gasteiger partial charge in [-0.1, -0.05) is 6.07 Å². The smallest absolute Gasteiger partial charge is 0.335 e. The van der Waals surface area contributed by atoms with Crippen molar-refractivity contribution in [3.8, 4) is 0 Å². The van der Waals surface area contributed by atoms with Gasteiger partial charge in [-0.2, -0.15) is 13.2 Å². The standard InChI is InChI=1S/C17H15F3N4O2/c18-17(19,20)13-3-1-2-12(10-13)15(25)23-6-8-24(9-7-23)16(26)14-11-21-4-5-22-14/h1-5,10-11H,6-9H2. The van der Waals surface area contributed by atoms with Crippen LogP contribution in [0.15, 0.2) is 42.9 Å². The lowest BCUT2D eigenvalue weighted by molar-refractivity contribution is -0.137. The fourth-order valence-corrected chi connectivity index (χ4v) is 2.70. The van der Waals surface area contributed by atoms with Crippen molar-refractivity contribution in [3.63, 3.8) is 0 Å². The number of amides is 2. The van der Waals surface area contributed by atoms with Gasteiger partial charge in [-0.3, -0.25) is 14.6 Å². The average Bonchev–Trinajstić information content (AvgIpc) is 2.67. The molecule has 1 aliphatic rings. The third kappa shape index (κ3) is 3.81. The van der Waals surface area contributed by atoms with Crippen LogP contribution in [-0.2, 0) is 6.18 Å². The Labute approximate surface area is 147 Å². The molecular weight excluding hydrogens is 349 g/mol. The number of alkyl halides is 3. The zero-order valence-electron chi connectivity index (χ0n) is 13.6. The topological polar surface area (TPSA) is 66.4 Å². The number of piperazine rings is 1. The van der Waals surface area contributed by atoms with Crippen LogP contribution in [0.2, 0.25) is 0 Å². The van der Waals surface area contributed by atoms with Gasteiger partial charge in [0.15, 0.2) is 0 Å². The molecule has 3 rings (SSSR count). The summed E-state index contributed by atoms with van der Waals surface area (Å²) in [6.45, 7) is 1.03. The quantitative estimate of drug-likeness (QED) is 0.819. The highest BCUT2D eigenvalue weighted by Gasteiger charge is 2.32. The van der Waals surface area contributed by atoms with Crippen molar-refractivity contribution in [2.75, 3.05) is 26.2 Å². The van der Waals surface area contributed by atoms with Gasteiger partial charge in [0.2, 0.25) is 0 Å². The first-order chi connectivity index (χ1) is 12.4. The summed E-state index contributed by atoms with van der Waals surface area (Å²) in [6, 6.07) is 4.34. The summed E-state index contributed by atoms with van der Waals surface area (Å²) in [4.78, 5) is 35.5. The number of hydrogen-bond donors (Lipinski definition) is 0. The monoisotopic (exact) mass is 364 g/mol. The van der Waals surface area contributed by atoms with Crippen LogP contribution >= 0.6 is 0 Å². The van der Waals surface area contributed by atoms with Gasteiger partial charge in [0.25, 0.3) is 11.8 Å². The number of halogens is 3. The summed E-state index contributed by atoms with van der Waals surface area (Å²) in [5.41, 5.74) is -0.668. The van der Waals surface area contributed by atoms with Crippen molar-refractivity contribution in [3.05, 3.63) is 59.7 Å². The predicted molar refractivity (Wildman–Crippen MR) is 85.3 cm³/mol. The highest BCUT2D eigenvalue weighted by molar-refractivity contribution is 5.95. The minimum absolute atomic E-state index is 0.0199. The fourth-order valence-electron chi connectivity index (χ4n) is 2.70. The summed E-state index contributed by atoms with van der Waals surface area (Å²) in [7, 11) is 0. The van der Waals surface area contributed by atoms with Crippen LogP contribution < -0.4 is 0 Å². The summed E-state index contributed by atoms with van der Waals surface area (Å²) in [5.74, 6) is -0.771. The fraction of sp³-hybridized carbons (Fsp3) is 0.294. The van der Waals surface area contributed by atoms with Gasteiger partial charge in [0.05, 0.1) is 11.8 Å². The van der Waals surface area contributed by atoms with Gasteiger partial charge in [0.1, 0.15) is 5.69 Å². The second kappa shape index (κ2) is 7.11. The Hall–Kier alpha value is -2.97. The van der Waals surface area contributed by atoms with Crippen molar-refractivity contribution >= 4 is 11.8 Å². The number of carbonyl (C=O) groups excluding carboxylic acids is 2. The predicted octanol–water partition coefficient (Wildman–Crippen LogP) is 2.09. The largest absolute Gasteiger partial charge is 0.416 e. The lowest BCUT2D eigenvalue weighted by Gasteiger charge is -2.34. The third-order valence-electron chi connectivity index (χ3n) is 4.07. The first kappa shape index (κ1) is 17.8. The molecule has 1 aromatic heterocycles. The molecular formula is C17H15F3N4O2. The number of benzene rings is 1. The molecule has 2 heterocycles. The van der Waals surface area contributed by atoms with E-state index in [2.05, 4.69) is 9.97 Å². The van der Waals surface area contributed by atoms with Crippen molar-refractivity contribution in [1.29, 1.82) is 0 Å². The minimum atomic E-state index is -4.50. The van der Waals surface area contributed by atoms with E-state index < -0.39 is 17.6 Å². The molecule has 6 nitrogen and oxygen atoms in total. The van der Waals surface area contributed by atoms with Crippen molar-refractivity contribution < 1.29 is 22.8 Å². The maximum absolute atomic E-state index is 12.8. The Morgan fingerprint density at radius 3 is 2.19 bits per heavy atom. The minimum Gasteiger partial charge on any atom is -0.335 e. The normalized spacial score (nSPS) is 15.0. The van der Waals surface area contributed by atoms with Crippen molar-refractivity contribution in [2.45, 2.75) is 6.18 Å². The van der Waals surface area contributed by atoms with Gasteiger partial charge < -0.3 is 9.80 Å². The molecule has 0 bridgehead atoms. The molecule has 1 aliphatic heterocycles. The second-order valence-electron chi connectivity index (χ2n) is 5.75. The average molecular weight is 364 g/mol. The SMILES string of the molecule is O=C(c1cccc(C(F)(F)F)c1)N1CCN(C(=O)c2cnccn2)CC1. The van der Waals surface area contributed by atoms with Crippen LogP contribution in [0, 0.1) is 0 Å². The van der Waals surface area contributed by atoms with Crippen LogP contribution in [0.1, 0.15) is 26.4 Å². The molecule has 26 heavy (non-hydrogen) atoms. The number of aromatic nitrogens is 2. The maximum atomic E-state index is 12.8. The maximum Gasteiger partial charge on any atom is 0.416 e. The van der Waals surface area contributed by atoms with Crippen molar-refractivity contribution in [1.82, 2.24) is 19.8 Å². The molecule has 1 aromatic carbocycles. The molecule has 136 valence electrons. The molecule has 2 amide bonds. The Morgan fingerprint density at radius 2 is 1.62 bits per heavy atom. The van der Waals surface area contributed by atoms with Crippen LogP contribution in [-0.4, -0.2) is 57.8 Å². The highest BCUT2D eigenvalue weighted by atomic mass is 19.4. The number of rotatable bonds is 2. The molecule has 0 radical (unpaired) electrons. The van der Waals surface area contributed by atoms with Gasteiger partial charge in [-0.15, -0.1) is 0 Å². The van der Waals surface area contributed by atoms with Crippen LogP contribution in [0.4, 0.5) is 13.2 Å². The molecule has 0 N–H and O–H groups in total. The second-order valence-corrected chi connectivity index (χ2v) is 5.75. The molecule has 9 heteroatoms. The summed E-state index contributed by atoms with van der Waals surface area (Å²) >= 11 is 0. The zero-order chi connectivity index (χ0) is 18.7. The lowest BCUT2D eigenvalue weighted by atomic mass is 10.1. The number of nitrogens with zero attached hydrogens (tertiary/aromatic N) is 4. The van der Waals surface area contributed by atoms with Crippen LogP contribution in [0.5, 0.6) is 0 Å². The van der Waals surface area contributed by atoms with Gasteiger partial charge in [0, 0.05) is 44.1 Å². The Balaban J connectivity index is 1.65. The first-order valence-corrected chi connectivity index (χ1v) is 7.88. The first-order valence-electron chi connectivity index (χ1n) is 7.88. The zero-order valence-corrected chi connectivity index (χ0v) is 13.6. The van der Waals surface area contributed by atoms with Gasteiger partial charge in [-0.05, 0) is 18.2 Å². The molecule has 0 spiro atoms. The Kier molecular flexibility index (Phi) is 4.88. The summed E-state index contributed by atoms with van der Waals surface area (Å²) in [5, 5.41) is 0. The number of carbonyl (C=O) groups is 2. The molecule has 1 saturated heterocycles. The Bertz CT molecular complexity index is 803. The van der Waals surface area contributed by atoms with E-state index in [0.717, 1.165) is 12.1 Å². The van der Waals surface area contributed by atoms with Gasteiger partial charge >= 0.3 is 6.18 Å². The van der Waals surface area contributed by atoms with E-state index in [-0.39, 0.29) is 43.3 Å². The molecule has 0 aliphatic carbocycles. The third-order valence-corrected chi connectivity index (χ3v) is 4.07. The van der Waals surface area contributed by atoms with Crippen LogP contribution in [0.3, 0.4) is 0 Å². The van der Waals surface area contributed by atoms with Gasteiger partial charge in [-0.25, -0.2) is 4.98 Å². The molecule has 0 atom stereocenters. The lowest BCUT2D eigenvalue weighted by Crippen LogP contribution is -2.50. The molecule has 0 unspecified atom stereocenters. The van der Waals surface area contributed by atoms with E-state index in [1.54, 1.807) is 4.90 Å². The van der Waals surface area contributed by atoms with Crippen molar-refractivity contribution in [2.24, 2.45) is 0 Å². The van der Waals surface area contributed by atoms with Crippen LogP contribution in [0.25, 0.3) is 0 Å². The summed E-state index contributed by atoms with van der Waals surface area (Å²) < 4.78 is 38.4. The molecule has 0 saturated carbocycles.